The fourth-order valence-electron chi connectivity index (χ4n) is 0.983. The highest BCUT2D eigenvalue weighted by Gasteiger charge is 2.07. The standard InChI is InChI=1S/C9H22N2O2/c1-9(8-12-3)11(2)5-7-13-6-4-10/h9H,4-8,10H2,1-3H3. The Hall–Kier alpha value is -0.160. The van der Waals surface area contributed by atoms with Crippen LogP contribution in [0.2, 0.25) is 0 Å². The minimum absolute atomic E-state index is 0.437. The quantitative estimate of drug-likeness (QED) is 0.544. The predicted molar refractivity (Wildman–Crippen MR) is 53.8 cm³/mol. The first kappa shape index (κ1) is 12.8. The van der Waals surface area contributed by atoms with Crippen molar-refractivity contribution in [3.05, 3.63) is 0 Å². The van der Waals surface area contributed by atoms with E-state index in [0.717, 1.165) is 19.8 Å². The number of hydrogen-bond acceptors (Lipinski definition) is 4. The summed E-state index contributed by atoms with van der Waals surface area (Å²) in [5, 5.41) is 0. The molecule has 0 fully saturated rings. The van der Waals surface area contributed by atoms with Crippen LogP contribution in [0.25, 0.3) is 0 Å². The molecule has 0 aliphatic rings. The van der Waals surface area contributed by atoms with Crippen LogP contribution in [0.1, 0.15) is 6.92 Å². The Kier molecular flexibility index (Phi) is 8.33. The molecule has 0 saturated heterocycles. The molecule has 0 aliphatic carbocycles. The molecule has 0 spiro atoms. The van der Waals surface area contributed by atoms with Crippen LogP contribution in [0.5, 0.6) is 0 Å². The Labute approximate surface area is 81.0 Å². The summed E-state index contributed by atoms with van der Waals surface area (Å²) in [6.07, 6.45) is 0. The number of nitrogens with two attached hydrogens (primary N) is 1. The van der Waals surface area contributed by atoms with Crippen LogP contribution in [0.3, 0.4) is 0 Å². The van der Waals surface area contributed by atoms with Gasteiger partial charge >= 0.3 is 0 Å². The molecule has 0 radical (unpaired) electrons. The second-order valence-corrected chi connectivity index (χ2v) is 3.19. The van der Waals surface area contributed by atoms with Crippen molar-refractivity contribution in [1.29, 1.82) is 0 Å². The van der Waals surface area contributed by atoms with Crippen molar-refractivity contribution in [3.63, 3.8) is 0 Å². The summed E-state index contributed by atoms with van der Waals surface area (Å²) in [6.45, 7) is 5.79. The van der Waals surface area contributed by atoms with E-state index >= 15 is 0 Å². The van der Waals surface area contributed by atoms with Gasteiger partial charge in [0.15, 0.2) is 0 Å². The number of ether oxygens (including phenoxy) is 2. The summed E-state index contributed by atoms with van der Waals surface area (Å²) in [7, 11) is 3.78. The third-order valence-electron chi connectivity index (χ3n) is 2.01. The maximum atomic E-state index is 5.29. The van der Waals surface area contributed by atoms with E-state index in [4.69, 9.17) is 15.2 Å². The molecule has 0 aromatic heterocycles. The number of rotatable bonds is 8. The third kappa shape index (κ3) is 6.95. The molecule has 4 nitrogen and oxygen atoms in total. The van der Waals surface area contributed by atoms with E-state index in [1.807, 2.05) is 0 Å². The fraction of sp³-hybridized carbons (Fsp3) is 1.00. The Morgan fingerprint density at radius 3 is 2.62 bits per heavy atom. The van der Waals surface area contributed by atoms with Crippen molar-refractivity contribution in [2.75, 3.05) is 47.1 Å². The molecule has 13 heavy (non-hydrogen) atoms. The Morgan fingerprint density at radius 1 is 1.38 bits per heavy atom. The zero-order valence-corrected chi connectivity index (χ0v) is 8.95. The van der Waals surface area contributed by atoms with Crippen LogP contribution in [-0.4, -0.2) is 58.0 Å². The van der Waals surface area contributed by atoms with Gasteiger partial charge in [0.05, 0.1) is 19.8 Å². The molecule has 2 N–H and O–H groups in total. The lowest BCUT2D eigenvalue weighted by molar-refractivity contribution is 0.0766. The van der Waals surface area contributed by atoms with Gasteiger partial charge in [0.2, 0.25) is 0 Å². The summed E-state index contributed by atoms with van der Waals surface area (Å²) in [6, 6.07) is 0.437. The molecule has 80 valence electrons. The third-order valence-corrected chi connectivity index (χ3v) is 2.01. The van der Waals surface area contributed by atoms with E-state index in [9.17, 15) is 0 Å². The van der Waals surface area contributed by atoms with Gasteiger partial charge in [-0.3, -0.25) is 4.90 Å². The highest BCUT2D eigenvalue weighted by molar-refractivity contribution is 4.61. The van der Waals surface area contributed by atoms with Gasteiger partial charge in [0.25, 0.3) is 0 Å². The molecule has 4 heteroatoms. The summed E-state index contributed by atoms with van der Waals surface area (Å²) in [5.41, 5.74) is 5.29. The maximum Gasteiger partial charge on any atom is 0.0615 e. The zero-order valence-electron chi connectivity index (χ0n) is 8.95. The molecule has 1 atom stereocenters. The Balaban J connectivity index is 3.32. The van der Waals surface area contributed by atoms with E-state index in [0.29, 0.717) is 19.2 Å². The number of nitrogens with zero attached hydrogens (tertiary/aromatic N) is 1. The molecule has 0 rings (SSSR count). The van der Waals surface area contributed by atoms with Crippen LogP contribution in [0.4, 0.5) is 0 Å². The van der Waals surface area contributed by atoms with Gasteiger partial charge in [-0.15, -0.1) is 0 Å². The number of hydrogen-bond donors (Lipinski definition) is 1. The van der Waals surface area contributed by atoms with Crippen LogP contribution in [0.15, 0.2) is 0 Å². The molecule has 1 unspecified atom stereocenters. The topological polar surface area (TPSA) is 47.7 Å². The molecular formula is C9H22N2O2. The van der Waals surface area contributed by atoms with Crippen molar-refractivity contribution in [1.82, 2.24) is 4.90 Å². The number of methoxy groups -OCH3 is 1. The van der Waals surface area contributed by atoms with Gasteiger partial charge in [-0.05, 0) is 14.0 Å². The first-order valence-electron chi connectivity index (χ1n) is 4.69. The fourth-order valence-corrected chi connectivity index (χ4v) is 0.983. The second kappa shape index (κ2) is 8.44. The smallest absolute Gasteiger partial charge is 0.0615 e. The van der Waals surface area contributed by atoms with E-state index in [1.54, 1.807) is 7.11 Å². The Morgan fingerprint density at radius 2 is 2.08 bits per heavy atom. The lowest BCUT2D eigenvalue weighted by Crippen LogP contribution is -2.35. The van der Waals surface area contributed by atoms with Crippen molar-refractivity contribution in [3.8, 4) is 0 Å². The van der Waals surface area contributed by atoms with Crippen LogP contribution in [0, 0.1) is 0 Å². The summed E-state index contributed by atoms with van der Waals surface area (Å²) in [5.74, 6) is 0. The highest BCUT2D eigenvalue weighted by Crippen LogP contribution is 1.94. The molecule has 0 bridgehead atoms. The van der Waals surface area contributed by atoms with Crippen molar-refractivity contribution >= 4 is 0 Å². The number of likely N-dealkylation sites (N-methyl/N-ethyl adjacent to an activating group) is 1. The monoisotopic (exact) mass is 190 g/mol. The normalized spacial score (nSPS) is 13.6. The summed E-state index contributed by atoms with van der Waals surface area (Å²) >= 11 is 0. The van der Waals surface area contributed by atoms with Crippen LogP contribution < -0.4 is 5.73 Å². The van der Waals surface area contributed by atoms with Gasteiger partial charge in [0, 0.05) is 26.2 Å². The van der Waals surface area contributed by atoms with Crippen molar-refractivity contribution in [2.45, 2.75) is 13.0 Å². The Bertz CT molecular complexity index is 112. The minimum Gasteiger partial charge on any atom is -0.383 e. The van der Waals surface area contributed by atoms with Gasteiger partial charge in [0.1, 0.15) is 0 Å². The van der Waals surface area contributed by atoms with Gasteiger partial charge in [-0.1, -0.05) is 0 Å². The van der Waals surface area contributed by atoms with E-state index in [1.165, 1.54) is 0 Å². The average molecular weight is 190 g/mol. The van der Waals surface area contributed by atoms with E-state index in [2.05, 4.69) is 18.9 Å². The first-order chi connectivity index (χ1) is 6.22. The van der Waals surface area contributed by atoms with Gasteiger partial charge in [-0.2, -0.15) is 0 Å². The molecule has 0 aromatic rings. The minimum atomic E-state index is 0.437. The van der Waals surface area contributed by atoms with E-state index in [-0.39, 0.29) is 0 Å². The zero-order chi connectivity index (χ0) is 10.1. The predicted octanol–water partition coefficient (Wildman–Crippen LogP) is -0.0716. The molecule has 0 heterocycles. The SMILES string of the molecule is COCC(C)N(C)CCOCCN. The molecular weight excluding hydrogens is 168 g/mol. The second-order valence-electron chi connectivity index (χ2n) is 3.19. The average Bonchev–Trinajstić information content (AvgIpc) is 2.12. The highest BCUT2D eigenvalue weighted by atomic mass is 16.5. The van der Waals surface area contributed by atoms with Gasteiger partial charge < -0.3 is 15.2 Å². The lowest BCUT2D eigenvalue weighted by Gasteiger charge is -2.23. The molecule has 0 saturated carbocycles. The molecule has 0 aliphatic heterocycles. The van der Waals surface area contributed by atoms with E-state index < -0.39 is 0 Å². The lowest BCUT2D eigenvalue weighted by atomic mass is 10.3. The van der Waals surface area contributed by atoms with Crippen molar-refractivity contribution < 1.29 is 9.47 Å². The summed E-state index contributed by atoms with van der Waals surface area (Å²) in [4.78, 5) is 2.21. The van der Waals surface area contributed by atoms with Crippen LogP contribution >= 0.6 is 0 Å². The first-order valence-corrected chi connectivity index (χ1v) is 4.69. The molecule has 0 amide bonds. The maximum absolute atomic E-state index is 5.29. The van der Waals surface area contributed by atoms with Gasteiger partial charge in [-0.25, -0.2) is 0 Å². The van der Waals surface area contributed by atoms with Crippen molar-refractivity contribution in [2.24, 2.45) is 5.73 Å². The van der Waals surface area contributed by atoms with Crippen LogP contribution in [-0.2, 0) is 9.47 Å². The molecule has 0 aromatic carbocycles. The summed E-state index contributed by atoms with van der Waals surface area (Å²) < 4.78 is 10.3. The largest absolute Gasteiger partial charge is 0.383 e.